The van der Waals surface area contributed by atoms with Gasteiger partial charge in [-0.05, 0) is 34.7 Å². The summed E-state index contributed by atoms with van der Waals surface area (Å²) in [6, 6.07) is 8.30. The van der Waals surface area contributed by atoms with E-state index in [9.17, 15) is 14.0 Å². The second kappa shape index (κ2) is 10.7. The Balaban J connectivity index is 1.37. The number of nitrogens with one attached hydrogen (secondary N) is 1. The molecule has 1 fully saturated rings. The van der Waals surface area contributed by atoms with Gasteiger partial charge in [0.25, 0.3) is 0 Å². The normalized spacial score (nSPS) is 17.2. The van der Waals surface area contributed by atoms with Crippen molar-refractivity contribution in [1.29, 1.82) is 0 Å². The van der Waals surface area contributed by atoms with Crippen molar-refractivity contribution in [1.82, 2.24) is 10.2 Å². The molecule has 29 heavy (non-hydrogen) atoms. The number of rotatable bonds is 9. The molecule has 156 valence electrons. The van der Waals surface area contributed by atoms with Crippen LogP contribution in [0.2, 0.25) is 0 Å². The number of carboxylic acid groups (broad SMARTS) is 1. The van der Waals surface area contributed by atoms with Crippen LogP contribution >= 0.6 is 23.1 Å². The number of nitrogens with zero attached hydrogens (tertiary/aromatic N) is 1. The number of thiophene rings is 1. The number of carboxylic acids is 1. The quantitative estimate of drug-likeness (QED) is 0.586. The largest absolute Gasteiger partial charge is 0.481 e. The Morgan fingerprint density at radius 2 is 2.10 bits per heavy atom. The molecule has 2 heterocycles. The summed E-state index contributed by atoms with van der Waals surface area (Å²) in [7, 11) is 0. The third kappa shape index (κ3) is 7.43. The maximum atomic E-state index is 13.0. The number of halogens is 1. The van der Waals surface area contributed by atoms with E-state index in [0.717, 1.165) is 28.4 Å². The van der Waals surface area contributed by atoms with Crippen LogP contribution in [0.5, 0.6) is 0 Å². The van der Waals surface area contributed by atoms with Gasteiger partial charge in [-0.2, -0.15) is 0 Å². The second-order valence-electron chi connectivity index (χ2n) is 6.79. The van der Waals surface area contributed by atoms with Gasteiger partial charge in [0.15, 0.2) is 0 Å². The molecule has 1 aliphatic heterocycles. The molecular weight excluding hydrogens is 415 g/mol. The maximum Gasteiger partial charge on any atom is 0.307 e. The molecule has 1 aliphatic rings. The van der Waals surface area contributed by atoms with Crippen LogP contribution in [-0.4, -0.2) is 60.0 Å². The molecule has 1 saturated heterocycles. The third-order valence-corrected chi connectivity index (χ3v) is 6.62. The predicted molar refractivity (Wildman–Crippen MR) is 111 cm³/mol. The van der Waals surface area contributed by atoms with Gasteiger partial charge in [-0.15, -0.1) is 23.1 Å². The van der Waals surface area contributed by atoms with E-state index in [4.69, 9.17) is 9.84 Å². The number of hydrogen-bond acceptors (Lipinski definition) is 6. The highest BCUT2D eigenvalue weighted by Gasteiger charge is 2.21. The number of carbonyl (C=O) groups is 2. The fourth-order valence-corrected chi connectivity index (χ4v) is 4.85. The highest BCUT2D eigenvalue weighted by Crippen LogP contribution is 2.26. The topological polar surface area (TPSA) is 78.9 Å². The lowest BCUT2D eigenvalue weighted by Gasteiger charge is -2.33. The van der Waals surface area contributed by atoms with E-state index in [1.165, 1.54) is 35.2 Å². The minimum atomic E-state index is -0.863. The van der Waals surface area contributed by atoms with Gasteiger partial charge in [-0.1, -0.05) is 12.1 Å². The van der Waals surface area contributed by atoms with Crippen molar-refractivity contribution in [2.24, 2.45) is 0 Å². The average Bonchev–Trinajstić information content (AvgIpc) is 3.13. The van der Waals surface area contributed by atoms with Gasteiger partial charge < -0.3 is 15.2 Å². The third-order valence-electron chi connectivity index (χ3n) is 4.40. The summed E-state index contributed by atoms with van der Waals surface area (Å²) in [5.41, 5.74) is 1.80. The van der Waals surface area contributed by atoms with Gasteiger partial charge in [0.05, 0.1) is 29.1 Å². The summed E-state index contributed by atoms with van der Waals surface area (Å²) in [6.45, 7) is 3.26. The van der Waals surface area contributed by atoms with E-state index >= 15 is 0 Å². The van der Waals surface area contributed by atoms with Gasteiger partial charge >= 0.3 is 5.97 Å². The Morgan fingerprint density at radius 1 is 1.31 bits per heavy atom. The standard InChI is InChI=1S/C20H23FN2O4S2/c21-16-3-1-14(2-4-16)10-23-5-6-27-17(11-23)9-22-18(24)13-29-20-8-15(12-28-20)7-19(25)26/h1-4,8,12,17H,5-7,9-11,13H2,(H,22,24)(H,25,26). The lowest BCUT2D eigenvalue weighted by Crippen LogP contribution is -2.47. The smallest absolute Gasteiger partial charge is 0.307 e. The molecule has 3 rings (SSSR count). The van der Waals surface area contributed by atoms with Crippen molar-refractivity contribution >= 4 is 35.0 Å². The Labute approximate surface area is 177 Å². The molecule has 1 atom stereocenters. The van der Waals surface area contributed by atoms with Crippen molar-refractivity contribution in [2.75, 3.05) is 32.0 Å². The van der Waals surface area contributed by atoms with Crippen molar-refractivity contribution in [3.8, 4) is 0 Å². The zero-order chi connectivity index (χ0) is 20.6. The van der Waals surface area contributed by atoms with Crippen molar-refractivity contribution in [3.05, 3.63) is 52.7 Å². The van der Waals surface area contributed by atoms with E-state index in [-0.39, 0.29) is 30.0 Å². The molecule has 1 unspecified atom stereocenters. The summed E-state index contributed by atoms with van der Waals surface area (Å²) < 4.78 is 19.7. The first-order valence-corrected chi connectivity index (χ1v) is 11.1. The van der Waals surface area contributed by atoms with Crippen LogP contribution in [0, 0.1) is 5.82 Å². The molecule has 0 radical (unpaired) electrons. The SMILES string of the molecule is O=C(O)Cc1csc(SCC(=O)NCC2CN(Cc3ccc(F)cc3)CCO2)c1. The van der Waals surface area contributed by atoms with E-state index in [2.05, 4.69) is 10.2 Å². The Hall–Kier alpha value is -1.94. The summed E-state index contributed by atoms with van der Waals surface area (Å²) in [6.07, 6.45) is -0.0847. The molecule has 1 amide bonds. The van der Waals surface area contributed by atoms with Gasteiger partial charge in [0.1, 0.15) is 5.82 Å². The Morgan fingerprint density at radius 3 is 2.86 bits per heavy atom. The Kier molecular flexibility index (Phi) is 8.05. The summed E-state index contributed by atoms with van der Waals surface area (Å²) in [5.74, 6) is -0.908. The Bertz CT molecular complexity index is 828. The predicted octanol–water partition coefficient (Wildman–Crippen LogP) is 2.62. The van der Waals surface area contributed by atoms with Crippen LogP contribution < -0.4 is 5.32 Å². The fourth-order valence-electron chi connectivity index (χ4n) is 3.01. The van der Waals surface area contributed by atoms with E-state index in [1.807, 2.05) is 6.07 Å². The first kappa shape index (κ1) is 21.8. The number of thioether (sulfide) groups is 1. The van der Waals surface area contributed by atoms with E-state index in [1.54, 1.807) is 17.5 Å². The lowest BCUT2D eigenvalue weighted by atomic mass is 10.2. The average molecular weight is 439 g/mol. The first-order chi connectivity index (χ1) is 14.0. The molecule has 2 N–H and O–H groups in total. The van der Waals surface area contributed by atoms with Crippen molar-refractivity contribution < 1.29 is 23.8 Å². The van der Waals surface area contributed by atoms with Gasteiger partial charge in [0, 0.05) is 26.2 Å². The summed E-state index contributed by atoms with van der Waals surface area (Å²) in [4.78, 5) is 25.1. The summed E-state index contributed by atoms with van der Waals surface area (Å²) in [5, 5.41) is 13.5. The van der Waals surface area contributed by atoms with Gasteiger partial charge in [-0.25, -0.2) is 4.39 Å². The number of carbonyl (C=O) groups excluding carboxylic acids is 1. The van der Waals surface area contributed by atoms with E-state index < -0.39 is 5.97 Å². The second-order valence-corrected chi connectivity index (χ2v) is 8.98. The highest BCUT2D eigenvalue weighted by molar-refractivity contribution is 8.01. The molecule has 1 aromatic heterocycles. The number of benzene rings is 1. The number of morpholine rings is 1. The number of amides is 1. The molecule has 2 aromatic rings. The molecule has 0 saturated carbocycles. The number of aliphatic carboxylic acids is 1. The van der Waals surface area contributed by atoms with Crippen molar-refractivity contribution in [2.45, 2.75) is 23.3 Å². The molecule has 0 spiro atoms. The zero-order valence-electron chi connectivity index (χ0n) is 15.8. The van der Waals surface area contributed by atoms with E-state index in [0.29, 0.717) is 19.7 Å². The molecule has 9 heteroatoms. The molecule has 0 bridgehead atoms. The van der Waals surface area contributed by atoms with Gasteiger partial charge in [-0.3, -0.25) is 14.5 Å². The molecule has 1 aromatic carbocycles. The van der Waals surface area contributed by atoms with Gasteiger partial charge in [0.2, 0.25) is 5.91 Å². The van der Waals surface area contributed by atoms with Crippen LogP contribution in [0.25, 0.3) is 0 Å². The van der Waals surface area contributed by atoms with Crippen molar-refractivity contribution in [3.63, 3.8) is 0 Å². The van der Waals surface area contributed by atoms with Crippen LogP contribution in [0.3, 0.4) is 0 Å². The first-order valence-electron chi connectivity index (χ1n) is 9.25. The number of hydrogen-bond donors (Lipinski definition) is 2. The lowest BCUT2D eigenvalue weighted by molar-refractivity contribution is -0.136. The monoisotopic (exact) mass is 438 g/mol. The minimum Gasteiger partial charge on any atom is -0.481 e. The minimum absolute atomic E-state index is 0.00328. The summed E-state index contributed by atoms with van der Waals surface area (Å²) >= 11 is 2.84. The zero-order valence-corrected chi connectivity index (χ0v) is 17.4. The maximum absolute atomic E-state index is 13.0. The molecule has 6 nitrogen and oxygen atoms in total. The van der Waals surface area contributed by atoms with Crippen LogP contribution in [0.4, 0.5) is 4.39 Å². The van der Waals surface area contributed by atoms with Crippen LogP contribution in [-0.2, 0) is 27.3 Å². The van der Waals surface area contributed by atoms with Crippen LogP contribution in [0.1, 0.15) is 11.1 Å². The number of ether oxygens (including phenoxy) is 1. The highest BCUT2D eigenvalue weighted by atomic mass is 32.2. The molecular formula is C20H23FN2O4S2. The fraction of sp³-hybridized carbons (Fsp3) is 0.400. The van der Waals surface area contributed by atoms with Crippen LogP contribution in [0.15, 0.2) is 39.9 Å². The molecule has 0 aliphatic carbocycles.